The average Bonchev–Trinajstić information content (AvgIpc) is 3.10. The summed E-state index contributed by atoms with van der Waals surface area (Å²) in [5, 5.41) is 0.931. The van der Waals surface area contributed by atoms with Gasteiger partial charge in [-0.15, -0.1) is 24.8 Å². The Bertz CT molecular complexity index is 663. The van der Waals surface area contributed by atoms with E-state index in [1.54, 1.807) is 6.07 Å². The number of carbonyl (C=O) groups excluding carboxylic acids is 1. The van der Waals surface area contributed by atoms with Crippen LogP contribution in [-0.4, -0.2) is 46.3 Å². The monoisotopic (exact) mass is 393 g/mol. The summed E-state index contributed by atoms with van der Waals surface area (Å²) in [6.07, 6.45) is 2.40. The first kappa shape index (κ1) is 20.7. The van der Waals surface area contributed by atoms with Crippen LogP contribution in [0.2, 0.25) is 0 Å². The van der Waals surface area contributed by atoms with Gasteiger partial charge in [-0.3, -0.25) is 4.79 Å². The summed E-state index contributed by atoms with van der Waals surface area (Å²) in [5.41, 5.74) is 6.08. The van der Waals surface area contributed by atoms with Crippen molar-refractivity contribution in [1.82, 2.24) is 14.3 Å². The molecule has 7 nitrogen and oxygen atoms in total. The molecule has 0 radical (unpaired) electrons. The maximum absolute atomic E-state index is 12.5. The highest BCUT2D eigenvalue weighted by Gasteiger charge is 2.23. The van der Waals surface area contributed by atoms with Crippen LogP contribution in [0, 0.1) is 6.92 Å². The van der Waals surface area contributed by atoms with E-state index in [-0.39, 0.29) is 30.7 Å². The van der Waals surface area contributed by atoms with E-state index in [1.165, 1.54) is 17.8 Å². The molecule has 2 aromatic heterocycles. The standard InChI is InChI=1S/C14H19N5O2S.2ClH/c1-10-16-14(22-17-10)19-4-2-3-18(5-6-19)13(20)11-7-12(8-15)21-9-11;;/h7,9H,2-6,8,15H2,1H3;2*1H. The largest absolute Gasteiger partial charge is 0.467 e. The number of nitrogens with two attached hydrogens (primary N) is 1. The topological polar surface area (TPSA) is 88.5 Å². The van der Waals surface area contributed by atoms with E-state index in [2.05, 4.69) is 14.3 Å². The molecule has 2 N–H and O–H groups in total. The highest BCUT2D eigenvalue weighted by Crippen LogP contribution is 2.19. The van der Waals surface area contributed by atoms with Crippen LogP contribution < -0.4 is 10.6 Å². The lowest BCUT2D eigenvalue weighted by Gasteiger charge is -2.20. The lowest BCUT2D eigenvalue weighted by molar-refractivity contribution is 0.0766. The molecule has 3 rings (SSSR count). The second-order valence-corrected chi connectivity index (χ2v) is 5.99. The number of rotatable bonds is 3. The van der Waals surface area contributed by atoms with Gasteiger partial charge >= 0.3 is 0 Å². The zero-order valence-corrected chi connectivity index (χ0v) is 15.8. The van der Waals surface area contributed by atoms with Crippen molar-refractivity contribution in [3.05, 3.63) is 29.5 Å². The van der Waals surface area contributed by atoms with Gasteiger partial charge in [-0.25, -0.2) is 4.98 Å². The number of halogens is 2. The van der Waals surface area contributed by atoms with Crippen molar-refractivity contribution >= 4 is 47.4 Å². The molecule has 0 aliphatic carbocycles. The quantitative estimate of drug-likeness (QED) is 0.858. The number of aryl methyl sites for hydroxylation is 1. The predicted octanol–water partition coefficient (Wildman–Crippen LogP) is 2.09. The van der Waals surface area contributed by atoms with Gasteiger partial charge in [0.25, 0.3) is 5.91 Å². The van der Waals surface area contributed by atoms with E-state index >= 15 is 0 Å². The van der Waals surface area contributed by atoms with E-state index < -0.39 is 0 Å². The van der Waals surface area contributed by atoms with Crippen molar-refractivity contribution in [3.8, 4) is 0 Å². The summed E-state index contributed by atoms with van der Waals surface area (Å²) in [6.45, 7) is 5.25. The van der Waals surface area contributed by atoms with Gasteiger partial charge in [0, 0.05) is 37.7 Å². The minimum atomic E-state index is -0.00116. The molecule has 1 aliphatic rings. The van der Waals surface area contributed by atoms with Crippen molar-refractivity contribution < 1.29 is 9.21 Å². The Labute approximate surface area is 157 Å². The second-order valence-electron chi connectivity index (χ2n) is 5.26. The minimum Gasteiger partial charge on any atom is -0.467 e. The Morgan fingerprint density at radius 3 is 2.75 bits per heavy atom. The average molecular weight is 394 g/mol. The molecule has 0 aromatic carbocycles. The molecule has 0 unspecified atom stereocenters. The summed E-state index contributed by atoms with van der Waals surface area (Å²) < 4.78 is 9.47. The summed E-state index contributed by atoms with van der Waals surface area (Å²) in [4.78, 5) is 21.0. The van der Waals surface area contributed by atoms with Crippen LogP contribution >= 0.6 is 36.3 Å². The number of carbonyl (C=O) groups is 1. The lowest BCUT2D eigenvalue weighted by atomic mass is 10.2. The Morgan fingerprint density at radius 1 is 1.33 bits per heavy atom. The molecule has 0 bridgehead atoms. The molecule has 1 saturated heterocycles. The highest BCUT2D eigenvalue weighted by atomic mass is 35.5. The summed E-state index contributed by atoms with van der Waals surface area (Å²) in [7, 11) is 0. The van der Waals surface area contributed by atoms with Crippen molar-refractivity contribution in [2.24, 2.45) is 5.73 Å². The van der Waals surface area contributed by atoms with Crippen LogP contribution in [0.1, 0.15) is 28.4 Å². The third-order valence-electron chi connectivity index (χ3n) is 3.67. The number of anilines is 1. The van der Waals surface area contributed by atoms with Crippen LogP contribution in [0.15, 0.2) is 16.7 Å². The van der Waals surface area contributed by atoms with E-state index in [9.17, 15) is 4.79 Å². The smallest absolute Gasteiger partial charge is 0.257 e. The summed E-state index contributed by atoms with van der Waals surface area (Å²) >= 11 is 1.41. The van der Waals surface area contributed by atoms with Gasteiger partial charge < -0.3 is 20.0 Å². The minimum absolute atomic E-state index is 0. The van der Waals surface area contributed by atoms with Gasteiger partial charge in [-0.2, -0.15) is 4.37 Å². The van der Waals surface area contributed by atoms with Crippen LogP contribution in [0.5, 0.6) is 0 Å². The third-order valence-corrected chi connectivity index (χ3v) is 4.54. The number of nitrogens with zero attached hydrogens (tertiary/aromatic N) is 4. The molecule has 0 saturated carbocycles. The van der Waals surface area contributed by atoms with Gasteiger partial charge in [0.1, 0.15) is 17.8 Å². The lowest BCUT2D eigenvalue weighted by Crippen LogP contribution is -2.35. The first-order chi connectivity index (χ1) is 10.7. The van der Waals surface area contributed by atoms with Crippen molar-refractivity contribution in [3.63, 3.8) is 0 Å². The molecule has 2 aromatic rings. The molecule has 1 amide bonds. The van der Waals surface area contributed by atoms with E-state index in [0.717, 1.165) is 37.0 Å². The number of aromatic nitrogens is 2. The maximum atomic E-state index is 12.5. The molecule has 134 valence electrons. The van der Waals surface area contributed by atoms with Crippen LogP contribution in [0.25, 0.3) is 0 Å². The Hall–Kier alpha value is -1.35. The van der Waals surface area contributed by atoms with Gasteiger partial charge in [-0.1, -0.05) is 0 Å². The molecule has 1 aliphatic heterocycles. The molecule has 10 heteroatoms. The number of furan rings is 1. The van der Waals surface area contributed by atoms with E-state index in [1.807, 2.05) is 11.8 Å². The van der Waals surface area contributed by atoms with Crippen LogP contribution in [-0.2, 0) is 6.54 Å². The SMILES string of the molecule is Cc1nsc(N2CCCN(C(=O)c3coc(CN)c3)CC2)n1.Cl.Cl. The summed E-state index contributed by atoms with van der Waals surface area (Å²) in [5.74, 6) is 1.42. The third kappa shape index (κ3) is 4.60. The first-order valence-electron chi connectivity index (χ1n) is 7.29. The van der Waals surface area contributed by atoms with Crippen LogP contribution in [0.4, 0.5) is 5.13 Å². The molecule has 0 spiro atoms. The fourth-order valence-electron chi connectivity index (χ4n) is 2.51. The van der Waals surface area contributed by atoms with Gasteiger partial charge in [-0.05, 0) is 19.4 Å². The highest BCUT2D eigenvalue weighted by molar-refractivity contribution is 7.09. The molecule has 24 heavy (non-hydrogen) atoms. The number of hydrogen-bond donors (Lipinski definition) is 1. The molecular weight excluding hydrogens is 373 g/mol. The van der Waals surface area contributed by atoms with Gasteiger partial charge in [0.2, 0.25) is 5.13 Å². The van der Waals surface area contributed by atoms with Gasteiger partial charge in [0.05, 0.1) is 12.1 Å². The van der Waals surface area contributed by atoms with Crippen LogP contribution in [0.3, 0.4) is 0 Å². The maximum Gasteiger partial charge on any atom is 0.257 e. The zero-order valence-electron chi connectivity index (χ0n) is 13.3. The van der Waals surface area contributed by atoms with E-state index in [0.29, 0.717) is 24.4 Å². The zero-order chi connectivity index (χ0) is 15.5. The molecule has 0 atom stereocenters. The fourth-order valence-corrected chi connectivity index (χ4v) is 3.23. The van der Waals surface area contributed by atoms with E-state index in [4.69, 9.17) is 10.2 Å². The molecule has 3 heterocycles. The second kappa shape index (κ2) is 9.22. The number of hydrogen-bond acceptors (Lipinski definition) is 7. The molecule has 1 fully saturated rings. The Morgan fingerprint density at radius 2 is 2.12 bits per heavy atom. The summed E-state index contributed by atoms with van der Waals surface area (Å²) in [6, 6.07) is 1.72. The number of amides is 1. The predicted molar refractivity (Wildman–Crippen MR) is 98.5 cm³/mol. The van der Waals surface area contributed by atoms with Gasteiger partial charge in [0.15, 0.2) is 0 Å². The first-order valence-corrected chi connectivity index (χ1v) is 8.06. The van der Waals surface area contributed by atoms with Crippen molar-refractivity contribution in [2.75, 3.05) is 31.1 Å². The van der Waals surface area contributed by atoms with Crippen molar-refractivity contribution in [2.45, 2.75) is 19.9 Å². The Kier molecular flexibility index (Phi) is 7.95. The normalized spacial score (nSPS) is 14.6. The van der Waals surface area contributed by atoms with Crippen molar-refractivity contribution in [1.29, 1.82) is 0 Å². The fraction of sp³-hybridized carbons (Fsp3) is 0.500. The molecular formula is C14H21Cl2N5O2S. The Balaban J connectivity index is 0.00000144.